The molecule has 0 spiro atoms. The molecular formula is C19H26N4O4. The maximum absolute atomic E-state index is 11.4. The third kappa shape index (κ3) is 4.44. The van der Waals surface area contributed by atoms with E-state index >= 15 is 0 Å². The van der Waals surface area contributed by atoms with Crippen molar-refractivity contribution >= 4 is 5.97 Å². The lowest BCUT2D eigenvalue weighted by Crippen LogP contribution is -2.26. The van der Waals surface area contributed by atoms with Crippen LogP contribution in [0, 0.1) is 12.8 Å². The summed E-state index contributed by atoms with van der Waals surface area (Å²) in [6, 6.07) is 3.58. The smallest absolute Gasteiger partial charge is 0.356 e. The lowest BCUT2D eigenvalue weighted by atomic mass is 9.85. The van der Waals surface area contributed by atoms with E-state index in [0.29, 0.717) is 17.3 Å². The number of aromatic carboxylic acids is 1. The minimum Gasteiger partial charge on any atom is -0.489 e. The van der Waals surface area contributed by atoms with Crippen LogP contribution in [0.15, 0.2) is 12.1 Å². The predicted octanol–water partition coefficient (Wildman–Crippen LogP) is 2.86. The highest BCUT2D eigenvalue weighted by atomic mass is 16.5. The molecule has 2 aromatic rings. The van der Waals surface area contributed by atoms with E-state index in [9.17, 15) is 9.90 Å². The van der Waals surface area contributed by atoms with Gasteiger partial charge in [0.05, 0.1) is 17.5 Å². The van der Waals surface area contributed by atoms with Crippen LogP contribution in [0.4, 0.5) is 0 Å². The van der Waals surface area contributed by atoms with E-state index < -0.39 is 5.97 Å². The molecule has 1 aliphatic carbocycles. The zero-order chi connectivity index (χ0) is 19.4. The van der Waals surface area contributed by atoms with Crippen molar-refractivity contribution in [3.8, 4) is 17.1 Å². The number of ether oxygens (including phenoxy) is 2. The number of carbonyl (C=O) groups is 1. The summed E-state index contributed by atoms with van der Waals surface area (Å²) in [4.78, 5) is 15.9. The standard InChI is InChI=1S/C19H26N4O4/c1-12-16(27-14-6-4-5-13(11-14)9-10-26-3)8-7-15(20-12)17-18(19(24)25)23(2)22-21-17/h7-8,13-14H,4-6,9-11H2,1-3H3,(H,24,25)/t13-,14+/m1/s1. The Hall–Kier alpha value is -2.48. The summed E-state index contributed by atoms with van der Waals surface area (Å²) >= 11 is 0. The van der Waals surface area contributed by atoms with Crippen molar-refractivity contribution in [3.05, 3.63) is 23.5 Å². The quantitative estimate of drug-likeness (QED) is 0.795. The number of carboxylic acid groups (broad SMARTS) is 1. The van der Waals surface area contributed by atoms with E-state index in [1.54, 1.807) is 20.2 Å². The van der Waals surface area contributed by atoms with Gasteiger partial charge in [0, 0.05) is 20.8 Å². The molecule has 1 fully saturated rings. The average molecular weight is 374 g/mol. The van der Waals surface area contributed by atoms with Gasteiger partial charge in [0.15, 0.2) is 5.69 Å². The van der Waals surface area contributed by atoms with Gasteiger partial charge in [-0.05, 0) is 50.7 Å². The fourth-order valence-electron chi connectivity index (χ4n) is 3.65. The Labute approximate surface area is 158 Å². The molecule has 2 aromatic heterocycles. The molecule has 0 aliphatic heterocycles. The number of rotatable bonds is 7. The fraction of sp³-hybridized carbons (Fsp3) is 0.579. The molecule has 146 valence electrons. The van der Waals surface area contributed by atoms with Gasteiger partial charge in [0.2, 0.25) is 0 Å². The van der Waals surface area contributed by atoms with Crippen molar-refractivity contribution in [2.75, 3.05) is 13.7 Å². The van der Waals surface area contributed by atoms with Crippen LogP contribution in [-0.4, -0.2) is 50.9 Å². The van der Waals surface area contributed by atoms with Crippen molar-refractivity contribution in [2.24, 2.45) is 13.0 Å². The third-order valence-electron chi connectivity index (χ3n) is 5.07. The highest BCUT2D eigenvalue weighted by Gasteiger charge is 2.25. The summed E-state index contributed by atoms with van der Waals surface area (Å²) in [5.41, 5.74) is 1.47. The van der Waals surface area contributed by atoms with Gasteiger partial charge >= 0.3 is 5.97 Å². The fourth-order valence-corrected chi connectivity index (χ4v) is 3.65. The Morgan fingerprint density at radius 2 is 2.19 bits per heavy atom. The SMILES string of the molecule is COCC[C@H]1CCC[C@H](Oc2ccc(-c3nnn(C)c3C(=O)O)nc2C)C1. The Bertz CT molecular complexity index is 805. The first-order chi connectivity index (χ1) is 13.0. The first-order valence-corrected chi connectivity index (χ1v) is 9.26. The Kier molecular flexibility index (Phi) is 6.05. The van der Waals surface area contributed by atoms with Crippen LogP contribution < -0.4 is 4.74 Å². The number of pyridine rings is 1. The summed E-state index contributed by atoms with van der Waals surface area (Å²) < 4.78 is 12.6. The number of aryl methyl sites for hydroxylation is 2. The molecule has 0 aromatic carbocycles. The molecular weight excluding hydrogens is 348 g/mol. The highest BCUT2D eigenvalue weighted by molar-refractivity contribution is 5.92. The van der Waals surface area contributed by atoms with Crippen LogP contribution in [0.25, 0.3) is 11.4 Å². The molecule has 8 heteroatoms. The molecule has 0 bridgehead atoms. The normalized spacial score (nSPS) is 19.8. The summed E-state index contributed by atoms with van der Waals surface area (Å²) in [6.07, 6.45) is 5.69. The van der Waals surface area contributed by atoms with E-state index in [2.05, 4.69) is 15.3 Å². The largest absolute Gasteiger partial charge is 0.489 e. The van der Waals surface area contributed by atoms with E-state index in [4.69, 9.17) is 9.47 Å². The Morgan fingerprint density at radius 1 is 1.37 bits per heavy atom. The predicted molar refractivity (Wildman–Crippen MR) is 98.8 cm³/mol. The zero-order valence-electron chi connectivity index (χ0n) is 16.0. The number of carboxylic acids is 1. The molecule has 0 saturated heterocycles. The molecule has 0 amide bonds. The van der Waals surface area contributed by atoms with Crippen molar-refractivity contribution in [1.29, 1.82) is 0 Å². The monoisotopic (exact) mass is 374 g/mol. The van der Waals surface area contributed by atoms with Crippen LogP contribution >= 0.6 is 0 Å². The number of nitrogens with zero attached hydrogens (tertiary/aromatic N) is 4. The van der Waals surface area contributed by atoms with Gasteiger partial charge in [0.1, 0.15) is 11.4 Å². The number of hydrogen-bond donors (Lipinski definition) is 1. The summed E-state index contributed by atoms with van der Waals surface area (Å²) in [5, 5.41) is 17.1. The summed E-state index contributed by atoms with van der Waals surface area (Å²) in [7, 11) is 3.29. The van der Waals surface area contributed by atoms with Crippen LogP contribution in [0.1, 0.15) is 48.3 Å². The van der Waals surface area contributed by atoms with Crippen LogP contribution in [-0.2, 0) is 11.8 Å². The van der Waals surface area contributed by atoms with Gasteiger partial charge in [-0.2, -0.15) is 0 Å². The maximum atomic E-state index is 11.4. The van der Waals surface area contributed by atoms with Crippen molar-refractivity contribution in [2.45, 2.75) is 45.1 Å². The van der Waals surface area contributed by atoms with E-state index in [1.807, 2.05) is 13.0 Å². The molecule has 2 heterocycles. The minimum atomic E-state index is -1.08. The Balaban J connectivity index is 1.73. The van der Waals surface area contributed by atoms with Crippen molar-refractivity contribution in [3.63, 3.8) is 0 Å². The molecule has 1 aliphatic rings. The van der Waals surface area contributed by atoms with Gasteiger partial charge in [-0.3, -0.25) is 0 Å². The van der Waals surface area contributed by atoms with Crippen molar-refractivity contribution < 1.29 is 19.4 Å². The second-order valence-corrected chi connectivity index (χ2v) is 7.05. The Morgan fingerprint density at radius 3 is 2.89 bits per heavy atom. The minimum absolute atomic E-state index is 0.0174. The molecule has 1 N–H and O–H groups in total. The second kappa shape index (κ2) is 8.47. The van der Waals surface area contributed by atoms with Crippen LogP contribution in [0.3, 0.4) is 0 Å². The molecule has 1 saturated carbocycles. The topological polar surface area (TPSA) is 99.4 Å². The maximum Gasteiger partial charge on any atom is 0.356 e. The number of aromatic nitrogens is 4. The third-order valence-corrected chi connectivity index (χ3v) is 5.07. The second-order valence-electron chi connectivity index (χ2n) is 7.05. The van der Waals surface area contributed by atoms with Crippen LogP contribution in [0.2, 0.25) is 0 Å². The van der Waals surface area contributed by atoms with Crippen molar-refractivity contribution in [1.82, 2.24) is 20.0 Å². The van der Waals surface area contributed by atoms with E-state index in [0.717, 1.165) is 38.0 Å². The number of hydrogen-bond acceptors (Lipinski definition) is 6. The van der Waals surface area contributed by atoms with Gasteiger partial charge in [0.25, 0.3) is 0 Å². The molecule has 27 heavy (non-hydrogen) atoms. The highest BCUT2D eigenvalue weighted by Crippen LogP contribution is 2.31. The lowest BCUT2D eigenvalue weighted by Gasteiger charge is -2.29. The molecule has 8 nitrogen and oxygen atoms in total. The summed E-state index contributed by atoms with van der Waals surface area (Å²) in [5.74, 6) is 0.285. The summed E-state index contributed by atoms with van der Waals surface area (Å²) in [6.45, 7) is 2.65. The van der Waals surface area contributed by atoms with Gasteiger partial charge in [-0.15, -0.1) is 5.10 Å². The van der Waals surface area contributed by atoms with E-state index in [1.165, 1.54) is 11.1 Å². The van der Waals surface area contributed by atoms with Gasteiger partial charge < -0.3 is 14.6 Å². The molecule has 0 unspecified atom stereocenters. The van der Waals surface area contributed by atoms with Gasteiger partial charge in [-0.1, -0.05) is 11.6 Å². The molecule has 0 radical (unpaired) electrons. The number of methoxy groups -OCH3 is 1. The first kappa shape index (κ1) is 19.3. The zero-order valence-corrected chi connectivity index (χ0v) is 16.0. The lowest BCUT2D eigenvalue weighted by molar-refractivity contribution is 0.0686. The average Bonchev–Trinajstić information content (AvgIpc) is 3.04. The van der Waals surface area contributed by atoms with Gasteiger partial charge in [-0.25, -0.2) is 14.5 Å². The van der Waals surface area contributed by atoms with Crippen LogP contribution in [0.5, 0.6) is 5.75 Å². The van der Waals surface area contributed by atoms with E-state index in [-0.39, 0.29) is 17.5 Å². The molecule has 2 atom stereocenters. The molecule has 3 rings (SSSR count). The first-order valence-electron chi connectivity index (χ1n) is 9.26.